The minimum Gasteiger partial charge on any atom is -0.463 e. The number of nitrogens with zero attached hydrogens (tertiary/aromatic N) is 3. The van der Waals surface area contributed by atoms with Crippen molar-refractivity contribution in [1.29, 1.82) is 0 Å². The Balaban J connectivity index is 1.47. The highest BCUT2D eigenvalue weighted by Gasteiger charge is 2.15. The summed E-state index contributed by atoms with van der Waals surface area (Å²) >= 11 is 0. The van der Waals surface area contributed by atoms with Crippen molar-refractivity contribution in [2.24, 2.45) is 5.10 Å². The van der Waals surface area contributed by atoms with E-state index in [2.05, 4.69) is 46.2 Å². The number of hydrazone groups is 1. The van der Waals surface area contributed by atoms with Crippen LogP contribution in [0.5, 0.6) is 0 Å². The third kappa shape index (κ3) is 3.95. The molecule has 0 amide bonds. The summed E-state index contributed by atoms with van der Waals surface area (Å²) in [5.41, 5.74) is 2.70. The zero-order valence-corrected chi connectivity index (χ0v) is 12.4. The van der Waals surface area contributed by atoms with Crippen LogP contribution in [0, 0.1) is 6.92 Å². The van der Waals surface area contributed by atoms with Gasteiger partial charge in [-0.1, -0.05) is 29.8 Å². The molecule has 0 aliphatic carbocycles. The highest BCUT2D eigenvalue weighted by molar-refractivity contribution is 5.75. The zero-order chi connectivity index (χ0) is 14.5. The molecule has 21 heavy (non-hydrogen) atoms. The third-order valence-electron chi connectivity index (χ3n) is 3.77. The van der Waals surface area contributed by atoms with E-state index in [1.807, 2.05) is 12.1 Å². The van der Waals surface area contributed by atoms with Crippen LogP contribution in [0.2, 0.25) is 0 Å². The number of furan rings is 1. The Morgan fingerprint density at radius 3 is 2.52 bits per heavy atom. The molecule has 2 heterocycles. The van der Waals surface area contributed by atoms with Gasteiger partial charge in [-0.2, -0.15) is 5.10 Å². The maximum absolute atomic E-state index is 5.25. The Morgan fingerprint density at radius 1 is 1.10 bits per heavy atom. The normalized spacial score (nSPS) is 16.7. The molecule has 0 radical (unpaired) electrons. The summed E-state index contributed by atoms with van der Waals surface area (Å²) < 4.78 is 5.25. The number of rotatable bonds is 4. The summed E-state index contributed by atoms with van der Waals surface area (Å²) in [5, 5.41) is 6.57. The van der Waals surface area contributed by atoms with E-state index in [1.165, 1.54) is 11.1 Å². The van der Waals surface area contributed by atoms with Crippen LogP contribution >= 0.6 is 0 Å². The lowest BCUT2D eigenvalue weighted by Gasteiger charge is -2.33. The van der Waals surface area contributed by atoms with Gasteiger partial charge in [0.05, 0.1) is 12.5 Å². The molecule has 0 saturated carbocycles. The van der Waals surface area contributed by atoms with Crippen LogP contribution in [0.15, 0.2) is 52.2 Å². The summed E-state index contributed by atoms with van der Waals surface area (Å²) in [4.78, 5) is 2.48. The second-order valence-corrected chi connectivity index (χ2v) is 5.48. The molecule has 3 rings (SSSR count). The van der Waals surface area contributed by atoms with Crippen LogP contribution < -0.4 is 0 Å². The first-order valence-electron chi connectivity index (χ1n) is 7.40. The standard InChI is InChI=1S/C17H21N3O/c1-15-4-6-16(7-5-15)14-19-8-10-20(11-9-19)18-13-17-3-2-12-21-17/h2-7,12-13H,8-11,14H2,1H3/b18-13+. The van der Waals surface area contributed by atoms with Gasteiger partial charge in [-0.05, 0) is 24.6 Å². The van der Waals surface area contributed by atoms with Crippen molar-refractivity contribution < 1.29 is 4.42 Å². The Bertz CT molecular complexity index is 567. The molecule has 0 bridgehead atoms. The topological polar surface area (TPSA) is 32.0 Å². The van der Waals surface area contributed by atoms with Gasteiger partial charge in [0.25, 0.3) is 0 Å². The van der Waals surface area contributed by atoms with Crippen LogP contribution in [-0.2, 0) is 6.54 Å². The average Bonchev–Trinajstić information content (AvgIpc) is 3.02. The molecule has 1 aromatic heterocycles. The molecular formula is C17H21N3O. The van der Waals surface area contributed by atoms with E-state index >= 15 is 0 Å². The SMILES string of the molecule is Cc1ccc(CN2CCN(/N=C/c3ccco3)CC2)cc1. The molecular weight excluding hydrogens is 262 g/mol. The maximum Gasteiger partial charge on any atom is 0.146 e. The number of aryl methyl sites for hydroxylation is 1. The largest absolute Gasteiger partial charge is 0.463 e. The first-order chi connectivity index (χ1) is 10.3. The highest BCUT2D eigenvalue weighted by Crippen LogP contribution is 2.10. The second kappa shape index (κ2) is 6.59. The van der Waals surface area contributed by atoms with Gasteiger partial charge in [-0.25, -0.2) is 0 Å². The predicted octanol–water partition coefficient (Wildman–Crippen LogP) is 2.74. The number of hydrogen-bond acceptors (Lipinski definition) is 4. The van der Waals surface area contributed by atoms with Gasteiger partial charge in [-0.3, -0.25) is 9.91 Å². The first kappa shape index (κ1) is 13.9. The minimum atomic E-state index is 0.803. The summed E-state index contributed by atoms with van der Waals surface area (Å²) in [5.74, 6) is 0.803. The van der Waals surface area contributed by atoms with Gasteiger partial charge >= 0.3 is 0 Å². The van der Waals surface area contributed by atoms with Crippen molar-refractivity contribution >= 4 is 6.21 Å². The summed E-state index contributed by atoms with van der Waals surface area (Å²) in [7, 11) is 0. The Morgan fingerprint density at radius 2 is 1.86 bits per heavy atom. The van der Waals surface area contributed by atoms with Crippen molar-refractivity contribution in [3.8, 4) is 0 Å². The molecule has 0 unspecified atom stereocenters. The molecule has 4 nitrogen and oxygen atoms in total. The molecule has 1 fully saturated rings. The van der Waals surface area contributed by atoms with Crippen molar-refractivity contribution in [3.63, 3.8) is 0 Å². The van der Waals surface area contributed by atoms with Crippen LogP contribution in [-0.4, -0.2) is 42.3 Å². The monoisotopic (exact) mass is 283 g/mol. The molecule has 0 N–H and O–H groups in total. The van der Waals surface area contributed by atoms with Gasteiger partial charge in [-0.15, -0.1) is 0 Å². The van der Waals surface area contributed by atoms with E-state index in [-0.39, 0.29) is 0 Å². The molecule has 1 saturated heterocycles. The van der Waals surface area contributed by atoms with Gasteiger partial charge in [0.1, 0.15) is 5.76 Å². The van der Waals surface area contributed by atoms with Crippen LogP contribution in [0.25, 0.3) is 0 Å². The van der Waals surface area contributed by atoms with Crippen molar-refractivity contribution in [3.05, 3.63) is 59.5 Å². The van der Waals surface area contributed by atoms with Gasteiger partial charge < -0.3 is 4.42 Å². The molecule has 1 aliphatic rings. The van der Waals surface area contributed by atoms with Crippen molar-refractivity contribution in [2.75, 3.05) is 26.2 Å². The quantitative estimate of drug-likeness (QED) is 0.809. The first-order valence-corrected chi connectivity index (χ1v) is 7.40. The lowest BCUT2D eigenvalue weighted by molar-refractivity contribution is 0.131. The number of hydrogen-bond donors (Lipinski definition) is 0. The number of benzene rings is 1. The van der Waals surface area contributed by atoms with Gasteiger partial charge in [0.15, 0.2) is 0 Å². The Hall–Kier alpha value is -2.07. The fourth-order valence-corrected chi connectivity index (χ4v) is 2.47. The Kier molecular flexibility index (Phi) is 4.36. The highest BCUT2D eigenvalue weighted by atomic mass is 16.3. The molecule has 1 aliphatic heterocycles. The average molecular weight is 283 g/mol. The van der Waals surface area contributed by atoms with Gasteiger partial charge in [0.2, 0.25) is 0 Å². The van der Waals surface area contributed by atoms with E-state index in [0.717, 1.165) is 38.5 Å². The molecule has 110 valence electrons. The van der Waals surface area contributed by atoms with Gasteiger partial charge in [0, 0.05) is 32.7 Å². The van der Waals surface area contributed by atoms with E-state index in [4.69, 9.17) is 4.42 Å². The summed E-state index contributed by atoms with van der Waals surface area (Å²) in [6, 6.07) is 12.6. The minimum absolute atomic E-state index is 0.803. The summed E-state index contributed by atoms with van der Waals surface area (Å²) in [6.07, 6.45) is 3.45. The van der Waals surface area contributed by atoms with E-state index < -0.39 is 0 Å². The van der Waals surface area contributed by atoms with Crippen molar-refractivity contribution in [1.82, 2.24) is 9.91 Å². The molecule has 0 atom stereocenters. The Labute approximate surface area is 125 Å². The number of piperazine rings is 1. The van der Waals surface area contributed by atoms with E-state index in [1.54, 1.807) is 12.5 Å². The van der Waals surface area contributed by atoms with Crippen LogP contribution in [0.1, 0.15) is 16.9 Å². The van der Waals surface area contributed by atoms with Crippen LogP contribution in [0.3, 0.4) is 0 Å². The smallest absolute Gasteiger partial charge is 0.146 e. The predicted molar refractivity (Wildman–Crippen MR) is 84.3 cm³/mol. The third-order valence-corrected chi connectivity index (χ3v) is 3.77. The van der Waals surface area contributed by atoms with E-state index in [0.29, 0.717) is 0 Å². The lowest BCUT2D eigenvalue weighted by Crippen LogP contribution is -2.43. The molecule has 4 heteroatoms. The summed E-state index contributed by atoms with van der Waals surface area (Å²) in [6.45, 7) is 7.16. The second-order valence-electron chi connectivity index (χ2n) is 5.48. The van der Waals surface area contributed by atoms with Crippen LogP contribution in [0.4, 0.5) is 0 Å². The molecule has 1 aromatic carbocycles. The molecule has 0 spiro atoms. The van der Waals surface area contributed by atoms with Crippen molar-refractivity contribution in [2.45, 2.75) is 13.5 Å². The maximum atomic E-state index is 5.25. The van der Waals surface area contributed by atoms with E-state index in [9.17, 15) is 0 Å². The zero-order valence-electron chi connectivity index (χ0n) is 12.4. The fraction of sp³-hybridized carbons (Fsp3) is 0.353. The molecule has 2 aromatic rings. The fourth-order valence-electron chi connectivity index (χ4n) is 2.47. The lowest BCUT2D eigenvalue weighted by atomic mass is 10.1.